The number of hydrogen-bond acceptors (Lipinski definition) is 4. The van der Waals surface area contributed by atoms with Crippen molar-refractivity contribution >= 4 is 11.5 Å². The van der Waals surface area contributed by atoms with Crippen LogP contribution in [0, 0.1) is 0 Å². The van der Waals surface area contributed by atoms with Crippen molar-refractivity contribution in [1.29, 1.82) is 0 Å². The smallest absolute Gasteiger partial charge is 0.244 e. The van der Waals surface area contributed by atoms with E-state index in [1.165, 1.54) is 5.56 Å². The van der Waals surface area contributed by atoms with Gasteiger partial charge in [0.05, 0.1) is 14.2 Å². The molecule has 0 unspecified atom stereocenters. The molecule has 0 saturated heterocycles. The molecule has 1 N–H and O–H groups in total. The van der Waals surface area contributed by atoms with Crippen LogP contribution in [0.4, 0.5) is 0 Å². The zero-order valence-corrected chi connectivity index (χ0v) is 20.5. The average Bonchev–Trinajstić information content (AvgIpc) is 2.83. The van der Waals surface area contributed by atoms with E-state index in [9.17, 15) is 4.79 Å². The van der Waals surface area contributed by atoms with Crippen LogP contribution >= 0.6 is 0 Å². The Kier molecular flexibility index (Phi) is 11.8. The van der Waals surface area contributed by atoms with Gasteiger partial charge in [0.1, 0.15) is 11.5 Å². The molecule has 2 rings (SSSR count). The third-order valence-corrected chi connectivity index (χ3v) is 5.56. The van der Waals surface area contributed by atoms with Crippen LogP contribution < -0.4 is 14.8 Å². The maximum Gasteiger partial charge on any atom is 0.244 e. The molecule has 0 aliphatic rings. The van der Waals surface area contributed by atoms with Crippen LogP contribution in [-0.4, -0.2) is 31.2 Å². The van der Waals surface area contributed by atoms with E-state index in [0.717, 1.165) is 67.6 Å². The molecular formula is C28H38N2O3. The van der Waals surface area contributed by atoms with Crippen LogP contribution in [0.1, 0.15) is 63.5 Å². The highest BCUT2D eigenvalue weighted by atomic mass is 16.5. The van der Waals surface area contributed by atoms with Crippen molar-refractivity contribution in [3.8, 4) is 11.5 Å². The van der Waals surface area contributed by atoms with Gasteiger partial charge in [-0.25, -0.2) is 0 Å². The lowest BCUT2D eigenvalue weighted by molar-refractivity contribution is -0.117. The lowest BCUT2D eigenvalue weighted by atomic mass is 9.98. The van der Waals surface area contributed by atoms with Gasteiger partial charge in [-0.2, -0.15) is 0 Å². The van der Waals surface area contributed by atoms with Crippen molar-refractivity contribution in [3.63, 3.8) is 0 Å². The van der Waals surface area contributed by atoms with E-state index in [1.54, 1.807) is 26.5 Å². The van der Waals surface area contributed by atoms with Crippen LogP contribution in [0.25, 0.3) is 5.57 Å². The second-order valence-corrected chi connectivity index (χ2v) is 8.24. The van der Waals surface area contributed by atoms with E-state index in [0.29, 0.717) is 0 Å². The largest absolute Gasteiger partial charge is 0.497 e. The molecule has 0 saturated carbocycles. The minimum absolute atomic E-state index is 0.0743. The van der Waals surface area contributed by atoms with Gasteiger partial charge in [-0.3, -0.25) is 9.78 Å². The summed E-state index contributed by atoms with van der Waals surface area (Å²) < 4.78 is 10.9. The van der Waals surface area contributed by atoms with Crippen LogP contribution in [0.2, 0.25) is 0 Å². The molecule has 0 fully saturated rings. The minimum Gasteiger partial charge on any atom is -0.497 e. The lowest BCUT2D eigenvalue weighted by Crippen LogP contribution is -2.31. The van der Waals surface area contributed by atoms with Gasteiger partial charge >= 0.3 is 0 Å². The van der Waals surface area contributed by atoms with E-state index in [-0.39, 0.29) is 11.9 Å². The molecule has 0 aliphatic heterocycles. The Morgan fingerprint density at radius 2 is 2.00 bits per heavy atom. The van der Waals surface area contributed by atoms with Crippen molar-refractivity contribution in [2.45, 2.75) is 64.8 Å². The number of pyridine rings is 1. The number of nitrogens with one attached hydrogen (secondary N) is 1. The molecule has 0 spiro atoms. The molecule has 0 bridgehead atoms. The van der Waals surface area contributed by atoms with Crippen LogP contribution in [0.5, 0.6) is 11.5 Å². The fraction of sp³-hybridized carbons (Fsp3) is 0.429. The maximum absolute atomic E-state index is 12.4. The molecule has 33 heavy (non-hydrogen) atoms. The Morgan fingerprint density at radius 3 is 2.70 bits per heavy atom. The van der Waals surface area contributed by atoms with Gasteiger partial charge in [0.15, 0.2) is 0 Å². The Morgan fingerprint density at radius 1 is 1.15 bits per heavy atom. The van der Waals surface area contributed by atoms with Gasteiger partial charge in [0.25, 0.3) is 0 Å². The second-order valence-electron chi connectivity index (χ2n) is 8.24. The normalized spacial score (nSPS) is 12.5. The summed E-state index contributed by atoms with van der Waals surface area (Å²) in [6, 6.07) is 10.0. The second kappa shape index (κ2) is 14.9. The van der Waals surface area contributed by atoms with Crippen molar-refractivity contribution in [2.75, 3.05) is 14.2 Å². The number of aryl methyl sites for hydroxylation is 1. The summed E-state index contributed by atoms with van der Waals surface area (Å²) in [5, 5.41) is 3.06. The molecule has 178 valence electrons. The number of allylic oxidation sites excluding steroid dienone is 3. The third-order valence-electron chi connectivity index (χ3n) is 5.56. The highest BCUT2D eigenvalue weighted by molar-refractivity contribution is 5.88. The number of aromatic nitrogens is 1. The third kappa shape index (κ3) is 9.52. The molecule has 1 atom stereocenters. The Labute approximate surface area is 198 Å². The molecule has 2 aromatic rings. The molecular weight excluding hydrogens is 412 g/mol. The summed E-state index contributed by atoms with van der Waals surface area (Å²) >= 11 is 0. The Bertz CT molecular complexity index is 907. The maximum atomic E-state index is 12.4. The lowest BCUT2D eigenvalue weighted by Gasteiger charge is -2.14. The zero-order valence-electron chi connectivity index (χ0n) is 20.5. The summed E-state index contributed by atoms with van der Waals surface area (Å²) in [4.78, 5) is 16.5. The molecule has 0 aliphatic carbocycles. The number of rotatable bonds is 14. The molecule has 1 aromatic heterocycles. The Hall–Kier alpha value is -3.08. The fourth-order valence-corrected chi connectivity index (χ4v) is 3.71. The summed E-state index contributed by atoms with van der Waals surface area (Å²) in [6.07, 6.45) is 16.4. The number of benzene rings is 1. The highest BCUT2D eigenvalue weighted by Crippen LogP contribution is 2.33. The molecule has 1 heterocycles. The van der Waals surface area contributed by atoms with Crippen molar-refractivity contribution in [1.82, 2.24) is 10.3 Å². The first-order chi connectivity index (χ1) is 16.1. The molecule has 1 amide bonds. The summed E-state index contributed by atoms with van der Waals surface area (Å²) in [5.74, 6) is 1.46. The minimum atomic E-state index is -0.0743. The quantitative estimate of drug-likeness (QED) is 0.213. The van der Waals surface area contributed by atoms with Crippen molar-refractivity contribution in [2.24, 2.45) is 0 Å². The van der Waals surface area contributed by atoms with Gasteiger partial charge in [-0.15, -0.1) is 0 Å². The summed E-state index contributed by atoms with van der Waals surface area (Å²) in [6.45, 7) is 4.24. The first-order valence-electron chi connectivity index (χ1n) is 11.9. The topological polar surface area (TPSA) is 60.5 Å². The number of ether oxygens (including phenoxy) is 2. The highest BCUT2D eigenvalue weighted by Gasteiger charge is 2.10. The standard InChI is InChI=1S/C28H38N2O3/c1-5-6-7-14-24(26-18-17-25(32-3)20-27(26)33-4)15-9-16-28(31)30-22(2)11-8-12-23-13-10-19-29-21-23/h9-10,13,15-22H,5-8,11-12,14H2,1-4H3,(H,30,31)/b16-9+,24-15+/t22-/m1/s1. The number of carbonyl (C=O) groups excluding carboxylic acids is 1. The van der Waals surface area contributed by atoms with Gasteiger partial charge in [0, 0.05) is 36.1 Å². The first-order valence-corrected chi connectivity index (χ1v) is 11.9. The number of amides is 1. The first kappa shape index (κ1) is 26.2. The predicted octanol–water partition coefficient (Wildman–Crippen LogP) is 6.15. The van der Waals surface area contributed by atoms with E-state index in [2.05, 4.69) is 23.3 Å². The van der Waals surface area contributed by atoms with Gasteiger partial charge in [-0.1, -0.05) is 38.0 Å². The number of carbonyl (C=O) groups is 1. The monoisotopic (exact) mass is 450 g/mol. The van der Waals surface area contributed by atoms with E-state index in [4.69, 9.17) is 9.47 Å². The van der Waals surface area contributed by atoms with Crippen LogP contribution in [-0.2, 0) is 11.2 Å². The zero-order chi connectivity index (χ0) is 23.9. The molecule has 5 heteroatoms. The van der Waals surface area contributed by atoms with Gasteiger partial charge in [0.2, 0.25) is 5.91 Å². The Balaban J connectivity index is 1.97. The molecule has 0 radical (unpaired) electrons. The van der Waals surface area contributed by atoms with Crippen LogP contribution in [0.3, 0.4) is 0 Å². The number of nitrogens with zero attached hydrogens (tertiary/aromatic N) is 1. The number of unbranched alkanes of at least 4 members (excludes halogenated alkanes) is 2. The van der Waals surface area contributed by atoms with Crippen LogP contribution in [0.15, 0.2) is 61.0 Å². The SMILES string of the molecule is CCCCC/C(=C\C=C\C(=O)N[C@H](C)CCCc1cccnc1)c1ccc(OC)cc1OC. The van der Waals surface area contributed by atoms with Crippen molar-refractivity contribution < 1.29 is 14.3 Å². The van der Waals surface area contributed by atoms with E-state index < -0.39 is 0 Å². The van der Waals surface area contributed by atoms with Gasteiger partial charge in [-0.05, 0) is 68.4 Å². The van der Waals surface area contributed by atoms with E-state index in [1.807, 2.05) is 49.5 Å². The summed E-state index contributed by atoms with van der Waals surface area (Å²) in [7, 11) is 3.31. The fourth-order valence-electron chi connectivity index (χ4n) is 3.71. The van der Waals surface area contributed by atoms with E-state index >= 15 is 0 Å². The average molecular weight is 451 g/mol. The molecule has 1 aromatic carbocycles. The van der Waals surface area contributed by atoms with Gasteiger partial charge < -0.3 is 14.8 Å². The number of methoxy groups -OCH3 is 2. The summed E-state index contributed by atoms with van der Waals surface area (Å²) in [5.41, 5.74) is 3.41. The number of hydrogen-bond donors (Lipinski definition) is 1. The predicted molar refractivity (Wildman–Crippen MR) is 136 cm³/mol. The van der Waals surface area contributed by atoms with Crippen molar-refractivity contribution in [3.05, 3.63) is 72.1 Å². The molecule has 5 nitrogen and oxygen atoms in total.